The molecule has 0 aliphatic rings. The van der Waals surface area contributed by atoms with Crippen molar-refractivity contribution in [2.75, 3.05) is 5.73 Å². The zero-order chi connectivity index (χ0) is 12.5. The van der Waals surface area contributed by atoms with Crippen LogP contribution in [0.1, 0.15) is 17.0 Å². The van der Waals surface area contributed by atoms with Gasteiger partial charge in [-0.2, -0.15) is 0 Å². The van der Waals surface area contributed by atoms with E-state index in [-0.39, 0.29) is 0 Å². The smallest absolute Gasteiger partial charge is 0.183 e. The predicted octanol–water partition coefficient (Wildman–Crippen LogP) is 2.21. The van der Waals surface area contributed by atoms with Crippen molar-refractivity contribution in [1.82, 2.24) is 14.6 Å². The Bertz CT molecular complexity index is 683. The molecule has 0 spiro atoms. The molecule has 0 aliphatic heterocycles. The molecule has 0 radical (unpaired) electrons. The molecular weight excluding hydrogens is 224 g/mol. The molecule has 4 nitrogen and oxygen atoms in total. The summed E-state index contributed by atoms with van der Waals surface area (Å²) in [6.45, 7) is 2.08. The first-order valence-electron chi connectivity index (χ1n) is 5.88. The molecule has 0 amide bonds. The van der Waals surface area contributed by atoms with Gasteiger partial charge in [0, 0.05) is 12.6 Å². The summed E-state index contributed by atoms with van der Waals surface area (Å²) in [6, 6.07) is 12.2. The number of benzene rings is 1. The van der Waals surface area contributed by atoms with E-state index in [0.717, 1.165) is 17.9 Å². The molecule has 2 aromatic heterocycles. The number of hydrogen-bond acceptors (Lipinski definition) is 3. The molecule has 0 unspecified atom stereocenters. The molecule has 0 saturated carbocycles. The molecule has 4 heteroatoms. The minimum Gasteiger partial charge on any atom is -0.396 e. The van der Waals surface area contributed by atoms with Crippen LogP contribution in [0.15, 0.2) is 42.6 Å². The van der Waals surface area contributed by atoms with Crippen molar-refractivity contribution in [1.29, 1.82) is 0 Å². The molecule has 90 valence electrons. The number of aromatic nitrogens is 3. The molecule has 2 heterocycles. The van der Waals surface area contributed by atoms with Crippen LogP contribution in [0.2, 0.25) is 0 Å². The molecule has 0 saturated heterocycles. The van der Waals surface area contributed by atoms with Crippen LogP contribution in [0.4, 0.5) is 5.69 Å². The van der Waals surface area contributed by atoms with Gasteiger partial charge in [0.15, 0.2) is 5.65 Å². The second-order valence-corrected chi connectivity index (χ2v) is 4.44. The molecular formula is C14H14N4. The van der Waals surface area contributed by atoms with E-state index in [4.69, 9.17) is 5.73 Å². The number of hydrogen-bond donors (Lipinski definition) is 1. The lowest BCUT2D eigenvalue weighted by Gasteiger charge is -2.02. The van der Waals surface area contributed by atoms with Crippen molar-refractivity contribution < 1.29 is 0 Å². The van der Waals surface area contributed by atoms with E-state index >= 15 is 0 Å². The third-order valence-electron chi connectivity index (χ3n) is 3.02. The summed E-state index contributed by atoms with van der Waals surface area (Å²) in [5.74, 6) is 0.904. The largest absolute Gasteiger partial charge is 0.396 e. The molecule has 3 rings (SSSR count). The van der Waals surface area contributed by atoms with Crippen LogP contribution < -0.4 is 5.73 Å². The molecule has 0 fully saturated rings. The minimum absolute atomic E-state index is 0.653. The fourth-order valence-electron chi connectivity index (χ4n) is 1.99. The number of rotatable bonds is 2. The van der Waals surface area contributed by atoms with Gasteiger partial charge in [-0.3, -0.25) is 4.40 Å². The molecule has 3 aromatic rings. The van der Waals surface area contributed by atoms with Crippen LogP contribution in [0, 0.1) is 6.92 Å². The van der Waals surface area contributed by atoms with Gasteiger partial charge in [-0.25, -0.2) is 0 Å². The Labute approximate surface area is 105 Å². The Balaban J connectivity index is 2.00. The average Bonchev–Trinajstić information content (AvgIpc) is 2.77. The highest BCUT2D eigenvalue weighted by Gasteiger charge is 2.07. The molecule has 1 aromatic carbocycles. The second kappa shape index (κ2) is 4.14. The van der Waals surface area contributed by atoms with Crippen molar-refractivity contribution >= 4 is 11.3 Å². The van der Waals surface area contributed by atoms with E-state index in [1.165, 1.54) is 11.1 Å². The highest BCUT2D eigenvalue weighted by molar-refractivity contribution is 5.63. The second-order valence-electron chi connectivity index (χ2n) is 4.44. The lowest BCUT2D eigenvalue weighted by atomic mass is 10.1. The summed E-state index contributed by atoms with van der Waals surface area (Å²) in [6.07, 6.45) is 2.69. The fraction of sp³-hybridized carbons (Fsp3) is 0.143. The third-order valence-corrected chi connectivity index (χ3v) is 3.02. The summed E-state index contributed by atoms with van der Waals surface area (Å²) in [4.78, 5) is 0. The van der Waals surface area contributed by atoms with Gasteiger partial charge in [-0.1, -0.05) is 29.8 Å². The lowest BCUT2D eigenvalue weighted by Crippen LogP contribution is -1.97. The Morgan fingerprint density at radius 3 is 2.67 bits per heavy atom. The van der Waals surface area contributed by atoms with Gasteiger partial charge < -0.3 is 5.73 Å². The quantitative estimate of drug-likeness (QED) is 0.744. The number of fused-ring (bicyclic) bond motifs is 1. The minimum atomic E-state index is 0.653. The van der Waals surface area contributed by atoms with Gasteiger partial charge >= 0.3 is 0 Å². The molecule has 18 heavy (non-hydrogen) atoms. The maximum atomic E-state index is 5.86. The molecule has 0 bridgehead atoms. The van der Waals surface area contributed by atoms with Gasteiger partial charge in [-0.05, 0) is 24.6 Å². The first-order valence-corrected chi connectivity index (χ1v) is 5.88. The van der Waals surface area contributed by atoms with Gasteiger partial charge in [0.25, 0.3) is 0 Å². The Morgan fingerprint density at radius 1 is 1.11 bits per heavy atom. The maximum absolute atomic E-state index is 5.86. The number of nitrogens with zero attached hydrogens (tertiary/aromatic N) is 3. The highest BCUT2D eigenvalue weighted by atomic mass is 15.2. The monoisotopic (exact) mass is 238 g/mol. The van der Waals surface area contributed by atoms with Crippen LogP contribution in [0.3, 0.4) is 0 Å². The molecule has 2 N–H and O–H groups in total. The maximum Gasteiger partial charge on any atom is 0.183 e. The number of aryl methyl sites for hydroxylation is 1. The average molecular weight is 238 g/mol. The SMILES string of the molecule is Cc1ccc(Cc2nnc3c(N)cccn23)cc1. The summed E-state index contributed by atoms with van der Waals surface area (Å²) < 4.78 is 1.94. The fourth-order valence-corrected chi connectivity index (χ4v) is 1.99. The first-order chi connectivity index (χ1) is 8.74. The van der Waals surface area contributed by atoms with E-state index < -0.39 is 0 Å². The zero-order valence-electron chi connectivity index (χ0n) is 10.2. The molecule has 0 aliphatic carbocycles. The van der Waals surface area contributed by atoms with Gasteiger partial charge in [0.2, 0.25) is 0 Å². The van der Waals surface area contributed by atoms with E-state index in [1.54, 1.807) is 0 Å². The van der Waals surface area contributed by atoms with Crippen LogP contribution >= 0.6 is 0 Å². The van der Waals surface area contributed by atoms with E-state index in [1.807, 2.05) is 22.7 Å². The predicted molar refractivity (Wildman–Crippen MR) is 71.4 cm³/mol. The standard InChI is InChI=1S/C14H14N4/c1-10-4-6-11(7-5-10)9-13-16-17-14-12(15)3-2-8-18(13)14/h2-8H,9,15H2,1H3. The normalized spacial score (nSPS) is 10.9. The van der Waals surface area contributed by atoms with Crippen molar-refractivity contribution in [2.24, 2.45) is 0 Å². The van der Waals surface area contributed by atoms with Crippen LogP contribution in [0.25, 0.3) is 5.65 Å². The van der Waals surface area contributed by atoms with E-state index in [0.29, 0.717) is 5.69 Å². The summed E-state index contributed by atoms with van der Waals surface area (Å²) in [5.41, 5.74) is 9.71. The number of anilines is 1. The van der Waals surface area contributed by atoms with Gasteiger partial charge in [0.1, 0.15) is 5.82 Å². The lowest BCUT2D eigenvalue weighted by molar-refractivity contribution is 0.934. The zero-order valence-corrected chi connectivity index (χ0v) is 10.2. The van der Waals surface area contributed by atoms with Crippen LogP contribution in [-0.2, 0) is 6.42 Å². The van der Waals surface area contributed by atoms with E-state index in [9.17, 15) is 0 Å². The van der Waals surface area contributed by atoms with Gasteiger partial charge in [0.05, 0.1) is 5.69 Å². The van der Waals surface area contributed by atoms with Crippen molar-refractivity contribution in [2.45, 2.75) is 13.3 Å². The summed E-state index contributed by atoms with van der Waals surface area (Å²) in [5, 5.41) is 8.33. The van der Waals surface area contributed by atoms with Crippen LogP contribution in [0.5, 0.6) is 0 Å². The Hall–Kier alpha value is -2.36. The Kier molecular flexibility index (Phi) is 2.48. The van der Waals surface area contributed by atoms with Crippen molar-refractivity contribution in [3.8, 4) is 0 Å². The topological polar surface area (TPSA) is 56.2 Å². The third kappa shape index (κ3) is 1.82. The van der Waals surface area contributed by atoms with E-state index in [2.05, 4.69) is 41.4 Å². The van der Waals surface area contributed by atoms with Crippen LogP contribution in [-0.4, -0.2) is 14.6 Å². The number of pyridine rings is 1. The first kappa shape index (κ1) is 10.8. The number of nitrogens with two attached hydrogens (primary N) is 1. The Morgan fingerprint density at radius 2 is 1.89 bits per heavy atom. The highest BCUT2D eigenvalue weighted by Crippen LogP contribution is 2.14. The summed E-state index contributed by atoms with van der Waals surface area (Å²) in [7, 11) is 0. The molecule has 0 atom stereocenters. The van der Waals surface area contributed by atoms with Gasteiger partial charge in [-0.15, -0.1) is 10.2 Å². The van der Waals surface area contributed by atoms with Crippen molar-refractivity contribution in [3.05, 3.63) is 59.5 Å². The number of nitrogen functional groups attached to an aromatic ring is 1. The summed E-state index contributed by atoms with van der Waals surface area (Å²) >= 11 is 0. The van der Waals surface area contributed by atoms with Crippen molar-refractivity contribution in [3.63, 3.8) is 0 Å².